The van der Waals surface area contributed by atoms with Crippen LogP contribution in [0.1, 0.15) is 0 Å². The van der Waals surface area contributed by atoms with Crippen molar-refractivity contribution in [1.29, 1.82) is 0 Å². The highest BCUT2D eigenvalue weighted by Gasteiger charge is 2.15. The Hall–Kier alpha value is -1.16. The summed E-state index contributed by atoms with van der Waals surface area (Å²) in [5.41, 5.74) is 5.20. The Labute approximate surface area is 80.2 Å². The molecule has 0 heterocycles. The number of anilines is 1. The van der Waals surface area contributed by atoms with Crippen molar-refractivity contribution in [3.05, 3.63) is 16.9 Å². The van der Waals surface area contributed by atoms with E-state index in [1.54, 1.807) is 0 Å². The maximum Gasteiger partial charge on any atom is 0.181 e. The van der Waals surface area contributed by atoms with Gasteiger partial charge in [-0.15, -0.1) is 0 Å². The Kier molecular flexibility index (Phi) is 2.83. The Morgan fingerprint density at radius 2 is 2.00 bits per heavy atom. The number of nitrogen functional groups attached to an aromatic ring is 1. The molecule has 1 aromatic carbocycles. The summed E-state index contributed by atoms with van der Waals surface area (Å²) in [5, 5.41) is 0.0272. The fourth-order valence-electron chi connectivity index (χ4n) is 0.936. The molecule has 0 aliphatic rings. The van der Waals surface area contributed by atoms with Gasteiger partial charge in [-0.05, 0) is 0 Å². The molecule has 5 heteroatoms. The number of hydrogen-bond acceptors (Lipinski definition) is 3. The van der Waals surface area contributed by atoms with E-state index in [-0.39, 0.29) is 22.2 Å². The third kappa shape index (κ3) is 1.62. The lowest BCUT2D eigenvalue weighted by Crippen LogP contribution is -1.98. The van der Waals surface area contributed by atoms with Crippen molar-refractivity contribution in [2.75, 3.05) is 20.0 Å². The second-order valence-electron chi connectivity index (χ2n) is 2.32. The van der Waals surface area contributed by atoms with Crippen LogP contribution in [0.25, 0.3) is 0 Å². The van der Waals surface area contributed by atoms with E-state index < -0.39 is 5.82 Å². The summed E-state index contributed by atoms with van der Waals surface area (Å²) in [6, 6.07) is 1.13. The smallest absolute Gasteiger partial charge is 0.181 e. The molecule has 1 aromatic rings. The first-order valence-corrected chi connectivity index (χ1v) is 3.85. The van der Waals surface area contributed by atoms with E-state index >= 15 is 0 Å². The van der Waals surface area contributed by atoms with Crippen LogP contribution in [0, 0.1) is 5.82 Å². The number of methoxy groups -OCH3 is 2. The summed E-state index contributed by atoms with van der Waals surface area (Å²) in [5.74, 6) is -0.162. The molecule has 0 unspecified atom stereocenters. The van der Waals surface area contributed by atoms with Gasteiger partial charge >= 0.3 is 0 Å². The molecule has 1 rings (SSSR count). The first kappa shape index (κ1) is 9.92. The fourth-order valence-corrected chi connectivity index (χ4v) is 1.20. The van der Waals surface area contributed by atoms with E-state index in [0.717, 1.165) is 6.07 Å². The molecule has 0 bridgehead atoms. The van der Waals surface area contributed by atoms with E-state index in [4.69, 9.17) is 26.8 Å². The third-order valence-electron chi connectivity index (χ3n) is 1.60. The molecule has 3 nitrogen and oxygen atoms in total. The molecule has 13 heavy (non-hydrogen) atoms. The van der Waals surface area contributed by atoms with Gasteiger partial charge in [0.25, 0.3) is 0 Å². The van der Waals surface area contributed by atoms with E-state index in [0.29, 0.717) is 0 Å². The van der Waals surface area contributed by atoms with Crippen molar-refractivity contribution >= 4 is 17.3 Å². The Bertz CT molecular complexity index is 330. The van der Waals surface area contributed by atoms with Gasteiger partial charge in [-0.25, -0.2) is 4.39 Å². The topological polar surface area (TPSA) is 44.5 Å². The van der Waals surface area contributed by atoms with Crippen LogP contribution >= 0.6 is 11.6 Å². The molecular formula is C8H9ClFNO2. The molecule has 0 aromatic heterocycles. The first-order valence-electron chi connectivity index (χ1n) is 3.47. The van der Waals surface area contributed by atoms with Gasteiger partial charge < -0.3 is 15.2 Å². The lowest BCUT2D eigenvalue weighted by Gasteiger charge is -2.11. The largest absolute Gasteiger partial charge is 0.493 e. The minimum Gasteiger partial charge on any atom is -0.493 e. The maximum atomic E-state index is 13.0. The number of ether oxygens (including phenoxy) is 2. The minimum atomic E-state index is -0.623. The van der Waals surface area contributed by atoms with E-state index in [9.17, 15) is 4.39 Å². The Morgan fingerprint density at radius 1 is 1.38 bits per heavy atom. The monoisotopic (exact) mass is 205 g/mol. The van der Waals surface area contributed by atoms with Gasteiger partial charge in [0.2, 0.25) is 0 Å². The molecule has 0 saturated heterocycles. The van der Waals surface area contributed by atoms with Crippen molar-refractivity contribution in [3.8, 4) is 11.5 Å². The molecule has 0 aliphatic carbocycles. The molecule has 0 radical (unpaired) electrons. The molecule has 0 amide bonds. The molecule has 2 N–H and O–H groups in total. The highest BCUT2D eigenvalue weighted by Crippen LogP contribution is 2.40. The average Bonchev–Trinajstić information content (AvgIpc) is 2.13. The summed E-state index contributed by atoms with van der Waals surface area (Å²) in [4.78, 5) is 0. The van der Waals surface area contributed by atoms with Crippen LogP contribution in [0.4, 0.5) is 10.1 Å². The van der Waals surface area contributed by atoms with Crippen LogP contribution in [-0.4, -0.2) is 14.2 Å². The number of nitrogens with two attached hydrogens (primary N) is 1. The zero-order valence-corrected chi connectivity index (χ0v) is 7.98. The van der Waals surface area contributed by atoms with Crippen LogP contribution in [0.5, 0.6) is 11.5 Å². The third-order valence-corrected chi connectivity index (χ3v) is 1.97. The molecule has 0 atom stereocenters. The van der Waals surface area contributed by atoms with Gasteiger partial charge in [-0.1, -0.05) is 11.6 Å². The predicted octanol–water partition coefficient (Wildman–Crippen LogP) is 2.08. The maximum absolute atomic E-state index is 13.0. The molecular weight excluding hydrogens is 197 g/mol. The summed E-state index contributed by atoms with van der Waals surface area (Å²) in [6.45, 7) is 0. The fraction of sp³-hybridized carbons (Fsp3) is 0.250. The van der Waals surface area contributed by atoms with Gasteiger partial charge in [0.05, 0.1) is 19.9 Å². The second kappa shape index (κ2) is 3.70. The molecule has 0 fully saturated rings. The van der Waals surface area contributed by atoms with Crippen LogP contribution < -0.4 is 15.2 Å². The lowest BCUT2D eigenvalue weighted by molar-refractivity contribution is 0.353. The standard InChI is InChI=1S/C8H9ClFNO2/c1-12-5-3-4(10)7(11)6(9)8(5)13-2/h3H,11H2,1-2H3. The quantitative estimate of drug-likeness (QED) is 0.752. The zero-order chi connectivity index (χ0) is 10.0. The van der Waals surface area contributed by atoms with Crippen molar-refractivity contribution in [2.45, 2.75) is 0 Å². The van der Waals surface area contributed by atoms with Gasteiger partial charge in [-0.3, -0.25) is 0 Å². The highest BCUT2D eigenvalue weighted by atomic mass is 35.5. The molecule has 0 saturated carbocycles. The summed E-state index contributed by atoms with van der Waals surface area (Å²) >= 11 is 5.71. The van der Waals surface area contributed by atoms with Gasteiger partial charge in [0, 0.05) is 6.07 Å². The molecule has 0 aliphatic heterocycles. The molecule has 72 valence electrons. The second-order valence-corrected chi connectivity index (χ2v) is 2.70. The minimum absolute atomic E-state index is 0.0272. The summed E-state index contributed by atoms with van der Waals surface area (Å²) in [7, 11) is 2.80. The lowest BCUT2D eigenvalue weighted by atomic mass is 10.2. The molecule has 0 spiro atoms. The zero-order valence-electron chi connectivity index (χ0n) is 7.23. The highest BCUT2D eigenvalue weighted by molar-refractivity contribution is 6.34. The van der Waals surface area contributed by atoms with Crippen LogP contribution in [-0.2, 0) is 0 Å². The normalized spacial score (nSPS) is 9.85. The van der Waals surface area contributed by atoms with E-state index in [2.05, 4.69) is 0 Å². The predicted molar refractivity (Wildman–Crippen MR) is 48.9 cm³/mol. The van der Waals surface area contributed by atoms with Crippen molar-refractivity contribution in [2.24, 2.45) is 0 Å². The van der Waals surface area contributed by atoms with Crippen molar-refractivity contribution in [3.63, 3.8) is 0 Å². The van der Waals surface area contributed by atoms with Gasteiger partial charge in [0.15, 0.2) is 17.3 Å². The Morgan fingerprint density at radius 3 is 2.46 bits per heavy atom. The van der Waals surface area contributed by atoms with Crippen molar-refractivity contribution < 1.29 is 13.9 Å². The number of halogens is 2. The van der Waals surface area contributed by atoms with Crippen LogP contribution in [0.15, 0.2) is 6.07 Å². The van der Waals surface area contributed by atoms with Gasteiger partial charge in [0.1, 0.15) is 5.02 Å². The first-order chi connectivity index (χ1) is 6.11. The van der Waals surface area contributed by atoms with Crippen LogP contribution in [0.2, 0.25) is 5.02 Å². The number of benzene rings is 1. The summed E-state index contributed by atoms with van der Waals surface area (Å²) < 4.78 is 22.7. The number of hydrogen-bond donors (Lipinski definition) is 1. The Balaban J connectivity index is 3.39. The number of rotatable bonds is 2. The SMILES string of the molecule is COc1cc(F)c(N)c(Cl)c1OC. The average molecular weight is 206 g/mol. The van der Waals surface area contributed by atoms with Gasteiger partial charge in [-0.2, -0.15) is 0 Å². The summed E-state index contributed by atoms with van der Waals surface area (Å²) in [6.07, 6.45) is 0. The van der Waals surface area contributed by atoms with Crippen molar-refractivity contribution in [1.82, 2.24) is 0 Å². The van der Waals surface area contributed by atoms with E-state index in [1.807, 2.05) is 0 Å². The van der Waals surface area contributed by atoms with Crippen LogP contribution in [0.3, 0.4) is 0 Å². The van der Waals surface area contributed by atoms with E-state index in [1.165, 1.54) is 14.2 Å².